The van der Waals surface area contributed by atoms with Crippen molar-refractivity contribution in [3.8, 4) is 5.75 Å². The highest BCUT2D eigenvalue weighted by Gasteiger charge is 2.21. The zero-order chi connectivity index (χ0) is 16.9. The van der Waals surface area contributed by atoms with Crippen LogP contribution in [0.1, 0.15) is 34.8 Å². The second-order valence-electron chi connectivity index (χ2n) is 6.03. The summed E-state index contributed by atoms with van der Waals surface area (Å²) >= 11 is 0. The molecule has 0 aromatic heterocycles. The van der Waals surface area contributed by atoms with E-state index in [1.807, 2.05) is 48.2 Å². The summed E-state index contributed by atoms with van der Waals surface area (Å²) in [5, 5.41) is 3.39. The van der Waals surface area contributed by atoms with E-state index in [2.05, 4.69) is 11.4 Å². The molecule has 2 aromatic rings. The van der Waals surface area contributed by atoms with Gasteiger partial charge < -0.3 is 15.0 Å². The van der Waals surface area contributed by atoms with E-state index < -0.39 is 0 Å². The van der Waals surface area contributed by atoms with Crippen LogP contribution in [0.3, 0.4) is 0 Å². The van der Waals surface area contributed by atoms with Crippen LogP contribution >= 0.6 is 12.4 Å². The van der Waals surface area contributed by atoms with Crippen LogP contribution in [0.25, 0.3) is 0 Å². The van der Waals surface area contributed by atoms with Gasteiger partial charge in [0.2, 0.25) is 0 Å². The zero-order valence-electron chi connectivity index (χ0n) is 14.7. The second-order valence-corrected chi connectivity index (χ2v) is 6.03. The summed E-state index contributed by atoms with van der Waals surface area (Å²) in [5.41, 5.74) is 4.19. The number of benzene rings is 2. The Morgan fingerprint density at radius 1 is 1.20 bits per heavy atom. The number of hydrogen-bond donors (Lipinski definition) is 1. The van der Waals surface area contributed by atoms with E-state index in [1.54, 1.807) is 7.11 Å². The molecule has 0 radical (unpaired) electrons. The third-order valence-electron chi connectivity index (χ3n) is 4.53. The number of hydrogen-bond acceptors (Lipinski definition) is 3. The van der Waals surface area contributed by atoms with Crippen molar-refractivity contribution < 1.29 is 9.53 Å². The van der Waals surface area contributed by atoms with Crippen molar-refractivity contribution in [2.24, 2.45) is 0 Å². The maximum atomic E-state index is 13.0. The summed E-state index contributed by atoms with van der Waals surface area (Å²) in [7, 11) is 1.66. The molecule has 1 N–H and O–H groups in total. The van der Waals surface area contributed by atoms with Gasteiger partial charge in [-0.3, -0.25) is 4.79 Å². The fraction of sp³-hybridized carbons (Fsp3) is 0.350. The van der Waals surface area contributed by atoms with E-state index in [4.69, 9.17) is 4.74 Å². The summed E-state index contributed by atoms with van der Waals surface area (Å²) < 4.78 is 5.19. The number of nitrogens with one attached hydrogen (secondary N) is 1. The van der Waals surface area contributed by atoms with Crippen LogP contribution in [0.15, 0.2) is 42.5 Å². The van der Waals surface area contributed by atoms with Crippen LogP contribution in [0.4, 0.5) is 5.69 Å². The largest absolute Gasteiger partial charge is 0.497 e. The zero-order valence-corrected chi connectivity index (χ0v) is 15.6. The minimum atomic E-state index is 0. The Balaban J connectivity index is 0.00000225. The maximum Gasteiger partial charge on any atom is 0.254 e. The minimum Gasteiger partial charge on any atom is -0.497 e. The Kier molecular flexibility index (Phi) is 6.71. The summed E-state index contributed by atoms with van der Waals surface area (Å²) in [6.45, 7) is 4.29. The number of anilines is 1. The first-order valence-electron chi connectivity index (χ1n) is 8.51. The summed E-state index contributed by atoms with van der Waals surface area (Å²) in [6, 6.07) is 13.9. The van der Waals surface area contributed by atoms with Gasteiger partial charge in [0, 0.05) is 30.9 Å². The first kappa shape index (κ1) is 19.1. The van der Waals surface area contributed by atoms with E-state index in [1.165, 1.54) is 0 Å². The lowest BCUT2D eigenvalue weighted by atomic mass is 9.96. The number of methoxy groups -OCH3 is 1. The number of ether oxygens (including phenoxy) is 1. The molecular weight excluding hydrogens is 336 g/mol. The topological polar surface area (TPSA) is 41.6 Å². The van der Waals surface area contributed by atoms with Crippen LogP contribution in [0.5, 0.6) is 5.75 Å². The van der Waals surface area contributed by atoms with Gasteiger partial charge in [0.1, 0.15) is 5.75 Å². The smallest absolute Gasteiger partial charge is 0.254 e. The molecule has 1 amide bonds. The standard InChI is InChI=1S/C20H24N2O2.ClH/c1-3-22(14-15-9-11-16(24-2)12-10-15)20(23)18-6-4-8-19-17(18)7-5-13-21-19;/h4,6,8-12,21H,3,5,7,13-14H2,1-2H3;1H. The summed E-state index contributed by atoms with van der Waals surface area (Å²) in [5.74, 6) is 0.935. The summed E-state index contributed by atoms with van der Waals surface area (Å²) in [6.07, 6.45) is 2.03. The predicted molar refractivity (Wildman–Crippen MR) is 104 cm³/mol. The molecule has 0 saturated heterocycles. The van der Waals surface area contributed by atoms with Crippen molar-refractivity contribution in [2.45, 2.75) is 26.3 Å². The average molecular weight is 361 g/mol. The van der Waals surface area contributed by atoms with Gasteiger partial charge in [0.15, 0.2) is 0 Å². The van der Waals surface area contributed by atoms with Gasteiger partial charge in [0.25, 0.3) is 5.91 Å². The number of carbonyl (C=O) groups is 1. The van der Waals surface area contributed by atoms with Crippen molar-refractivity contribution in [2.75, 3.05) is 25.5 Å². The number of halogens is 1. The summed E-state index contributed by atoms with van der Waals surface area (Å²) in [4.78, 5) is 14.9. The highest BCUT2D eigenvalue weighted by atomic mass is 35.5. The molecule has 134 valence electrons. The lowest BCUT2D eigenvalue weighted by Gasteiger charge is -2.25. The normalized spacial score (nSPS) is 12.4. The molecule has 0 unspecified atom stereocenters. The Labute approximate surface area is 155 Å². The maximum absolute atomic E-state index is 13.0. The second kappa shape index (κ2) is 8.77. The monoisotopic (exact) mass is 360 g/mol. The molecule has 0 bridgehead atoms. The van der Waals surface area contributed by atoms with Crippen molar-refractivity contribution >= 4 is 24.0 Å². The molecule has 1 aliphatic heterocycles. The minimum absolute atomic E-state index is 0. The molecule has 0 fully saturated rings. The van der Waals surface area contributed by atoms with Crippen LogP contribution in [0.2, 0.25) is 0 Å². The molecule has 4 nitrogen and oxygen atoms in total. The van der Waals surface area contributed by atoms with Crippen molar-refractivity contribution in [1.82, 2.24) is 4.90 Å². The van der Waals surface area contributed by atoms with Gasteiger partial charge in [-0.2, -0.15) is 0 Å². The van der Waals surface area contributed by atoms with E-state index in [-0.39, 0.29) is 18.3 Å². The third-order valence-corrected chi connectivity index (χ3v) is 4.53. The predicted octanol–water partition coefficient (Wildman–Crippen LogP) is 4.14. The Morgan fingerprint density at radius 3 is 2.64 bits per heavy atom. The van der Waals surface area contributed by atoms with Crippen LogP contribution in [-0.4, -0.2) is 31.0 Å². The lowest BCUT2D eigenvalue weighted by Crippen LogP contribution is -2.31. The van der Waals surface area contributed by atoms with Crippen LogP contribution < -0.4 is 10.1 Å². The first-order valence-corrected chi connectivity index (χ1v) is 8.51. The van der Waals surface area contributed by atoms with Gasteiger partial charge in [-0.15, -0.1) is 12.4 Å². The van der Waals surface area contributed by atoms with E-state index in [0.717, 1.165) is 47.5 Å². The van der Waals surface area contributed by atoms with Crippen LogP contribution in [0, 0.1) is 0 Å². The number of rotatable bonds is 5. The molecule has 3 rings (SSSR count). The number of nitrogens with zero attached hydrogens (tertiary/aromatic N) is 1. The number of fused-ring (bicyclic) bond motifs is 1. The van der Waals surface area contributed by atoms with Gasteiger partial charge in [-0.25, -0.2) is 0 Å². The SMILES string of the molecule is CCN(Cc1ccc(OC)cc1)C(=O)c1cccc2c1CCCN2.Cl. The molecule has 1 aliphatic rings. The molecule has 2 aromatic carbocycles. The third kappa shape index (κ3) is 4.26. The first-order chi connectivity index (χ1) is 11.7. The van der Waals surface area contributed by atoms with Gasteiger partial charge in [-0.05, 0) is 55.2 Å². The molecule has 0 atom stereocenters. The van der Waals surface area contributed by atoms with Gasteiger partial charge in [-0.1, -0.05) is 18.2 Å². The highest BCUT2D eigenvalue weighted by Crippen LogP contribution is 2.26. The molecule has 0 saturated carbocycles. The molecule has 0 aliphatic carbocycles. The molecule has 5 heteroatoms. The number of carbonyl (C=O) groups excluding carboxylic acids is 1. The van der Waals surface area contributed by atoms with Gasteiger partial charge >= 0.3 is 0 Å². The van der Waals surface area contributed by atoms with Crippen LogP contribution in [-0.2, 0) is 13.0 Å². The number of amides is 1. The average Bonchev–Trinajstić information content (AvgIpc) is 2.65. The van der Waals surface area contributed by atoms with Gasteiger partial charge in [0.05, 0.1) is 7.11 Å². The van der Waals surface area contributed by atoms with Crippen molar-refractivity contribution in [1.29, 1.82) is 0 Å². The van der Waals surface area contributed by atoms with Crippen molar-refractivity contribution in [3.05, 3.63) is 59.2 Å². The molecule has 25 heavy (non-hydrogen) atoms. The highest BCUT2D eigenvalue weighted by molar-refractivity contribution is 5.97. The fourth-order valence-electron chi connectivity index (χ4n) is 3.16. The van der Waals surface area contributed by atoms with E-state index >= 15 is 0 Å². The quantitative estimate of drug-likeness (QED) is 0.871. The van der Waals surface area contributed by atoms with E-state index in [9.17, 15) is 4.79 Å². The fourth-order valence-corrected chi connectivity index (χ4v) is 3.16. The lowest BCUT2D eigenvalue weighted by molar-refractivity contribution is 0.0751. The molecular formula is C20H25ClN2O2. The molecule has 1 heterocycles. The molecule has 0 spiro atoms. The Hall–Kier alpha value is -2.20. The van der Waals surface area contributed by atoms with Crippen molar-refractivity contribution in [3.63, 3.8) is 0 Å². The van der Waals surface area contributed by atoms with E-state index in [0.29, 0.717) is 13.1 Å². The Morgan fingerprint density at radius 2 is 1.96 bits per heavy atom. The Bertz CT molecular complexity index is 716.